The molecule has 0 unspecified atom stereocenters. The van der Waals surface area contributed by atoms with E-state index in [0.29, 0.717) is 15.6 Å². The van der Waals surface area contributed by atoms with Crippen LogP contribution in [0.3, 0.4) is 0 Å². The normalized spacial score (nSPS) is 17.2. The molecule has 1 saturated carbocycles. The molecule has 1 aromatic carbocycles. The van der Waals surface area contributed by atoms with E-state index in [4.69, 9.17) is 27.9 Å². The maximum atomic E-state index is 10.6. The van der Waals surface area contributed by atoms with Gasteiger partial charge in [0.05, 0.1) is 20.6 Å². The lowest BCUT2D eigenvalue weighted by molar-refractivity contribution is -0.384. The smallest absolute Gasteiger partial charge is 0.272 e. The zero-order valence-corrected chi connectivity index (χ0v) is 10.0. The van der Waals surface area contributed by atoms with Crippen LogP contribution in [0, 0.1) is 10.1 Å². The summed E-state index contributed by atoms with van der Waals surface area (Å²) >= 11 is 12.0. The average molecular weight is 262 g/mol. The molecule has 4 nitrogen and oxygen atoms in total. The Morgan fingerprint density at radius 1 is 1.38 bits per heavy atom. The number of halogens is 2. The second-order valence-corrected chi connectivity index (χ2v) is 4.55. The van der Waals surface area contributed by atoms with E-state index in [0.717, 1.165) is 12.8 Å². The first-order valence-corrected chi connectivity index (χ1v) is 5.45. The first-order chi connectivity index (χ1) is 7.50. The molecule has 86 valence electrons. The third-order valence-corrected chi connectivity index (χ3v) is 3.38. The number of hydrogen-bond donors (Lipinski definition) is 0. The van der Waals surface area contributed by atoms with Crippen LogP contribution in [0.25, 0.3) is 0 Å². The Morgan fingerprint density at radius 3 is 2.19 bits per heavy atom. The molecule has 2 rings (SSSR count). The molecule has 0 aliphatic heterocycles. The summed E-state index contributed by atoms with van der Waals surface area (Å²) < 4.78 is 5.36. The highest BCUT2D eigenvalue weighted by atomic mass is 35.5. The van der Waals surface area contributed by atoms with Gasteiger partial charge in [0, 0.05) is 24.8 Å². The van der Waals surface area contributed by atoms with Gasteiger partial charge in [-0.1, -0.05) is 23.2 Å². The summed E-state index contributed by atoms with van der Waals surface area (Å²) in [5.41, 5.74) is 0.109. The molecule has 0 N–H and O–H groups in total. The Morgan fingerprint density at radius 2 is 1.88 bits per heavy atom. The molecule has 1 aliphatic carbocycles. The van der Waals surface area contributed by atoms with Crippen LogP contribution in [0.2, 0.25) is 10.0 Å². The second kappa shape index (κ2) is 3.87. The lowest BCUT2D eigenvalue weighted by Gasteiger charge is -2.16. The minimum absolute atomic E-state index is 0.106. The minimum atomic E-state index is -0.520. The van der Waals surface area contributed by atoms with Gasteiger partial charge in [0.2, 0.25) is 0 Å². The summed E-state index contributed by atoms with van der Waals surface area (Å²) in [4.78, 5) is 10.1. The molecule has 0 radical (unpaired) electrons. The van der Waals surface area contributed by atoms with Crippen molar-refractivity contribution in [3.8, 4) is 0 Å². The van der Waals surface area contributed by atoms with Crippen LogP contribution in [0.1, 0.15) is 18.4 Å². The third kappa shape index (κ3) is 1.77. The number of nitrogens with zero attached hydrogens (tertiary/aromatic N) is 1. The summed E-state index contributed by atoms with van der Waals surface area (Å²) in [6.07, 6.45) is 1.67. The fourth-order valence-electron chi connectivity index (χ4n) is 1.77. The summed E-state index contributed by atoms with van der Waals surface area (Å²) in [6, 6.07) is 2.61. The molecule has 1 aromatic rings. The zero-order chi connectivity index (χ0) is 11.9. The third-order valence-electron chi connectivity index (χ3n) is 2.79. The maximum absolute atomic E-state index is 10.6. The molecule has 1 aliphatic rings. The first kappa shape index (κ1) is 11.6. The summed E-state index contributed by atoms with van der Waals surface area (Å²) in [6.45, 7) is 0. The van der Waals surface area contributed by atoms with Gasteiger partial charge in [0.15, 0.2) is 0 Å². The zero-order valence-electron chi connectivity index (χ0n) is 8.50. The number of non-ortho nitro benzene ring substituents is 1. The van der Waals surface area contributed by atoms with E-state index in [9.17, 15) is 10.1 Å². The van der Waals surface area contributed by atoms with E-state index >= 15 is 0 Å². The van der Waals surface area contributed by atoms with Crippen molar-refractivity contribution < 1.29 is 9.66 Å². The number of rotatable bonds is 3. The Hall–Kier alpha value is -0.840. The Kier molecular flexibility index (Phi) is 2.82. The van der Waals surface area contributed by atoms with Gasteiger partial charge in [0.1, 0.15) is 0 Å². The highest BCUT2D eigenvalue weighted by Gasteiger charge is 2.48. The van der Waals surface area contributed by atoms with Gasteiger partial charge in [-0.05, 0) is 12.8 Å². The van der Waals surface area contributed by atoms with Crippen molar-refractivity contribution in [2.45, 2.75) is 18.4 Å². The molecule has 1 fully saturated rings. The van der Waals surface area contributed by atoms with E-state index in [1.807, 2.05) is 0 Å². The van der Waals surface area contributed by atoms with Crippen LogP contribution < -0.4 is 0 Å². The van der Waals surface area contributed by atoms with Crippen LogP contribution >= 0.6 is 23.2 Å². The highest BCUT2D eigenvalue weighted by molar-refractivity contribution is 6.36. The number of hydrogen-bond acceptors (Lipinski definition) is 3. The van der Waals surface area contributed by atoms with Crippen molar-refractivity contribution >= 4 is 28.9 Å². The standard InChI is InChI=1S/C10H9Cl2NO3/c1-16-10(2-3-10)9-7(11)4-6(13(14)15)5-8(9)12/h4-5H,2-3H2,1H3. The number of ether oxygens (including phenoxy) is 1. The van der Waals surface area contributed by atoms with Crippen LogP contribution in [0.15, 0.2) is 12.1 Å². The highest BCUT2D eigenvalue weighted by Crippen LogP contribution is 2.53. The predicted molar refractivity (Wildman–Crippen MR) is 61.0 cm³/mol. The van der Waals surface area contributed by atoms with Crippen LogP contribution in [0.5, 0.6) is 0 Å². The van der Waals surface area contributed by atoms with Crippen molar-refractivity contribution in [2.75, 3.05) is 7.11 Å². The number of nitro benzene ring substituents is 1. The maximum Gasteiger partial charge on any atom is 0.272 e. The fraction of sp³-hybridized carbons (Fsp3) is 0.400. The van der Waals surface area contributed by atoms with E-state index in [1.54, 1.807) is 7.11 Å². The molecule has 0 heterocycles. The fourth-order valence-corrected chi connectivity index (χ4v) is 2.59. The molecule has 0 atom stereocenters. The molecule has 0 saturated heterocycles. The van der Waals surface area contributed by atoms with Gasteiger partial charge < -0.3 is 4.74 Å². The predicted octanol–water partition coefficient (Wildman–Crippen LogP) is 3.54. The largest absolute Gasteiger partial charge is 0.373 e. The van der Waals surface area contributed by atoms with Gasteiger partial charge in [0.25, 0.3) is 5.69 Å². The molecule has 0 spiro atoms. The van der Waals surface area contributed by atoms with Crippen molar-refractivity contribution in [3.63, 3.8) is 0 Å². The van der Waals surface area contributed by atoms with Crippen molar-refractivity contribution in [3.05, 3.63) is 37.9 Å². The second-order valence-electron chi connectivity index (χ2n) is 3.74. The number of benzene rings is 1. The molecular formula is C10H9Cl2NO3. The summed E-state index contributed by atoms with van der Waals surface area (Å²) in [5.74, 6) is 0. The lowest BCUT2D eigenvalue weighted by atomic mass is 10.1. The molecule has 0 amide bonds. The number of methoxy groups -OCH3 is 1. The van der Waals surface area contributed by atoms with Gasteiger partial charge in [-0.2, -0.15) is 0 Å². The van der Waals surface area contributed by atoms with E-state index < -0.39 is 10.5 Å². The minimum Gasteiger partial charge on any atom is -0.373 e. The first-order valence-electron chi connectivity index (χ1n) is 4.69. The molecule has 16 heavy (non-hydrogen) atoms. The molecule has 6 heteroatoms. The topological polar surface area (TPSA) is 52.4 Å². The van der Waals surface area contributed by atoms with Gasteiger partial charge >= 0.3 is 0 Å². The number of nitro groups is 1. The lowest BCUT2D eigenvalue weighted by Crippen LogP contribution is -2.10. The molecule has 0 aromatic heterocycles. The van der Waals surface area contributed by atoms with Gasteiger partial charge in [-0.25, -0.2) is 0 Å². The monoisotopic (exact) mass is 261 g/mol. The van der Waals surface area contributed by atoms with Crippen molar-refractivity contribution in [2.24, 2.45) is 0 Å². The SMILES string of the molecule is COC1(c2c(Cl)cc([N+](=O)[O-])cc2Cl)CC1. The Labute approximate surface area is 102 Å². The summed E-state index contributed by atoms with van der Waals surface area (Å²) in [5, 5.41) is 11.2. The summed E-state index contributed by atoms with van der Waals surface area (Å²) in [7, 11) is 1.58. The quantitative estimate of drug-likeness (QED) is 0.618. The van der Waals surface area contributed by atoms with Crippen molar-refractivity contribution in [1.29, 1.82) is 0 Å². The Balaban J connectivity index is 2.52. The van der Waals surface area contributed by atoms with E-state index in [1.165, 1.54) is 12.1 Å². The molecular weight excluding hydrogens is 253 g/mol. The van der Waals surface area contributed by atoms with Crippen LogP contribution in [-0.4, -0.2) is 12.0 Å². The van der Waals surface area contributed by atoms with E-state index in [-0.39, 0.29) is 5.69 Å². The molecule has 0 bridgehead atoms. The van der Waals surface area contributed by atoms with Crippen LogP contribution in [-0.2, 0) is 10.3 Å². The average Bonchev–Trinajstić information content (AvgIpc) is 2.97. The van der Waals surface area contributed by atoms with Crippen molar-refractivity contribution in [1.82, 2.24) is 0 Å². The van der Waals surface area contributed by atoms with Gasteiger partial charge in [-0.3, -0.25) is 10.1 Å². The van der Waals surface area contributed by atoms with Gasteiger partial charge in [-0.15, -0.1) is 0 Å². The van der Waals surface area contributed by atoms with E-state index in [2.05, 4.69) is 0 Å². The van der Waals surface area contributed by atoms with Crippen LogP contribution in [0.4, 0.5) is 5.69 Å². The Bertz CT molecular complexity index is 434.